The number of anilines is 1. The lowest BCUT2D eigenvalue weighted by Gasteiger charge is -2.15. The molecule has 1 aromatic heterocycles. The molecule has 25 heavy (non-hydrogen) atoms. The normalized spacial score (nSPS) is 11.9. The number of hydrogen-bond donors (Lipinski definition) is 1. The van der Waals surface area contributed by atoms with Gasteiger partial charge in [0, 0.05) is 11.4 Å². The minimum atomic E-state index is -0.854. The van der Waals surface area contributed by atoms with Crippen molar-refractivity contribution in [1.82, 2.24) is 9.78 Å². The van der Waals surface area contributed by atoms with E-state index in [0.29, 0.717) is 6.54 Å². The van der Waals surface area contributed by atoms with Crippen molar-refractivity contribution in [3.05, 3.63) is 46.8 Å². The first-order chi connectivity index (χ1) is 11.8. The number of hydrogen-bond acceptors (Lipinski definition) is 4. The third-order valence-electron chi connectivity index (χ3n) is 3.96. The van der Waals surface area contributed by atoms with E-state index < -0.39 is 12.1 Å². The monoisotopic (exact) mass is 343 g/mol. The van der Waals surface area contributed by atoms with E-state index in [-0.39, 0.29) is 12.3 Å². The summed E-state index contributed by atoms with van der Waals surface area (Å²) in [4.78, 5) is 24.2. The quantitative estimate of drug-likeness (QED) is 0.818. The SMILES string of the molecule is Cc1ccc(C)c(NC(=O)C(C)OC(=O)CCn2nc(C)cc2C)c1. The van der Waals surface area contributed by atoms with E-state index >= 15 is 0 Å². The average Bonchev–Trinajstić information content (AvgIpc) is 2.86. The molecular weight excluding hydrogens is 318 g/mol. The summed E-state index contributed by atoms with van der Waals surface area (Å²) in [5.41, 5.74) is 4.64. The summed E-state index contributed by atoms with van der Waals surface area (Å²) in [6, 6.07) is 7.76. The minimum Gasteiger partial charge on any atom is -0.452 e. The van der Waals surface area contributed by atoms with Crippen molar-refractivity contribution in [3.8, 4) is 0 Å². The van der Waals surface area contributed by atoms with Gasteiger partial charge in [0.1, 0.15) is 0 Å². The fourth-order valence-electron chi connectivity index (χ4n) is 2.51. The fourth-order valence-corrected chi connectivity index (χ4v) is 2.51. The Hall–Kier alpha value is -2.63. The van der Waals surface area contributed by atoms with Gasteiger partial charge in [-0.25, -0.2) is 0 Å². The first kappa shape index (κ1) is 18.7. The van der Waals surface area contributed by atoms with Crippen molar-refractivity contribution in [3.63, 3.8) is 0 Å². The van der Waals surface area contributed by atoms with Gasteiger partial charge in [0.25, 0.3) is 5.91 Å². The Balaban J connectivity index is 1.86. The number of nitrogens with one attached hydrogen (secondary N) is 1. The third-order valence-corrected chi connectivity index (χ3v) is 3.96. The van der Waals surface area contributed by atoms with E-state index in [1.807, 2.05) is 52.0 Å². The van der Waals surface area contributed by atoms with Crippen molar-refractivity contribution in [2.75, 3.05) is 5.32 Å². The number of aromatic nitrogens is 2. The number of nitrogens with zero attached hydrogens (tertiary/aromatic N) is 2. The molecule has 1 amide bonds. The molecule has 0 radical (unpaired) electrons. The lowest BCUT2D eigenvalue weighted by Crippen LogP contribution is -2.30. The second-order valence-corrected chi connectivity index (χ2v) is 6.34. The summed E-state index contributed by atoms with van der Waals surface area (Å²) in [6.07, 6.45) is -0.684. The highest BCUT2D eigenvalue weighted by molar-refractivity contribution is 5.95. The van der Waals surface area contributed by atoms with Gasteiger partial charge in [-0.15, -0.1) is 0 Å². The van der Waals surface area contributed by atoms with Crippen LogP contribution in [-0.2, 0) is 20.9 Å². The van der Waals surface area contributed by atoms with Crippen molar-refractivity contribution >= 4 is 17.6 Å². The van der Waals surface area contributed by atoms with E-state index in [4.69, 9.17) is 4.74 Å². The minimum absolute atomic E-state index is 0.170. The Morgan fingerprint density at radius 1 is 1.20 bits per heavy atom. The predicted octanol–water partition coefficient (Wildman–Crippen LogP) is 3.08. The van der Waals surface area contributed by atoms with Crippen LogP contribution in [-0.4, -0.2) is 27.8 Å². The largest absolute Gasteiger partial charge is 0.452 e. The molecule has 1 N–H and O–H groups in total. The van der Waals surface area contributed by atoms with Crippen LogP contribution in [0.1, 0.15) is 35.9 Å². The van der Waals surface area contributed by atoms with Crippen LogP contribution in [0.2, 0.25) is 0 Å². The molecule has 0 saturated heterocycles. The van der Waals surface area contributed by atoms with Gasteiger partial charge in [0.05, 0.1) is 18.7 Å². The van der Waals surface area contributed by atoms with E-state index in [1.165, 1.54) is 0 Å². The van der Waals surface area contributed by atoms with Crippen LogP contribution in [0.5, 0.6) is 0 Å². The summed E-state index contributed by atoms with van der Waals surface area (Å²) in [7, 11) is 0. The molecule has 6 heteroatoms. The zero-order valence-corrected chi connectivity index (χ0v) is 15.4. The Labute approximate surface area is 148 Å². The molecule has 1 aromatic carbocycles. The van der Waals surface area contributed by atoms with Crippen molar-refractivity contribution < 1.29 is 14.3 Å². The highest BCUT2D eigenvalue weighted by Gasteiger charge is 2.18. The Morgan fingerprint density at radius 2 is 1.92 bits per heavy atom. The highest BCUT2D eigenvalue weighted by Crippen LogP contribution is 2.17. The predicted molar refractivity (Wildman–Crippen MR) is 96.4 cm³/mol. The molecular formula is C19H25N3O3. The van der Waals surface area contributed by atoms with E-state index in [1.54, 1.807) is 11.6 Å². The second kappa shape index (κ2) is 7.96. The van der Waals surface area contributed by atoms with Crippen LogP contribution in [0.3, 0.4) is 0 Å². The molecule has 0 fully saturated rings. The van der Waals surface area contributed by atoms with E-state index in [2.05, 4.69) is 10.4 Å². The van der Waals surface area contributed by atoms with E-state index in [9.17, 15) is 9.59 Å². The number of esters is 1. The smallest absolute Gasteiger partial charge is 0.308 e. The topological polar surface area (TPSA) is 73.2 Å². The number of carbonyl (C=O) groups is 2. The number of amides is 1. The number of benzene rings is 1. The first-order valence-corrected chi connectivity index (χ1v) is 8.35. The molecule has 2 aromatic rings. The lowest BCUT2D eigenvalue weighted by atomic mass is 10.1. The molecule has 1 atom stereocenters. The molecule has 0 aliphatic rings. The van der Waals surface area contributed by atoms with Gasteiger partial charge in [0.15, 0.2) is 6.10 Å². The maximum absolute atomic E-state index is 12.2. The summed E-state index contributed by atoms with van der Waals surface area (Å²) in [5, 5.41) is 7.11. The van der Waals surface area contributed by atoms with Gasteiger partial charge >= 0.3 is 5.97 Å². The third kappa shape index (κ3) is 5.17. The van der Waals surface area contributed by atoms with Gasteiger partial charge in [-0.05, 0) is 57.9 Å². The van der Waals surface area contributed by atoms with E-state index in [0.717, 1.165) is 28.2 Å². The van der Waals surface area contributed by atoms with Crippen molar-refractivity contribution in [2.45, 2.75) is 53.7 Å². The van der Waals surface area contributed by atoms with Crippen LogP contribution >= 0.6 is 0 Å². The summed E-state index contributed by atoms with van der Waals surface area (Å²) in [5.74, 6) is -0.760. The summed E-state index contributed by atoms with van der Waals surface area (Å²) < 4.78 is 6.99. The number of carbonyl (C=O) groups excluding carboxylic acids is 2. The van der Waals surface area contributed by atoms with Gasteiger partial charge in [-0.1, -0.05) is 12.1 Å². The molecule has 0 aliphatic heterocycles. The second-order valence-electron chi connectivity index (χ2n) is 6.34. The number of aryl methyl sites for hydroxylation is 5. The molecule has 0 aliphatic carbocycles. The van der Waals surface area contributed by atoms with Crippen LogP contribution in [0.25, 0.3) is 0 Å². The highest BCUT2D eigenvalue weighted by atomic mass is 16.5. The number of rotatable bonds is 6. The maximum Gasteiger partial charge on any atom is 0.308 e. The van der Waals surface area contributed by atoms with Crippen LogP contribution in [0, 0.1) is 27.7 Å². The molecule has 0 saturated carbocycles. The van der Waals surface area contributed by atoms with Gasteiger partial charge in [-0.2, -0.15) is 5.10 Å². The summed E-state index contributed by atoms with van der Waals surface area (Å²) in [6.45, 7) is 9.72. The van der Waals surface area contributed by atoms with Crippen LogP contribution in [0.15, 0.2) is 24.3 Å². The van der Waals surface area contributed by atoms with Crippen molar-refractivity contribution in [1.29, 1.82) is 0 Å². The molecule has 134 valence electrons. The van der Waals surface area contributed by atoms with Crippen LogP contribution < -0.4 is 5.32 Å². The first-order valence-electron chi connectivity index (χ1n) is 8.35. The summed E-state index contributed by atoms with van der Waals surface area (Å²) >= 11 is 0. The lowest BCUT2D eigenvalue weighted by molar-refractivity contribution is -0.153. The van der Waals surface area contributed by atoms with Gasteiger partial charge in [0.2, 0.25) is 0 Å². The zero-order valence-electron chi connectivity index (χ0n) is 15.4. The Morgan fingerprint density at radius 3 is 2.56 bits per heavy atom. The van der Waals surface area contributed by atoms with Gasteiger partial charge in [-0.3, -0.25) is 14.3 Å². The molecule has 6 nitrogen and oxygen atoms in total. The average molecular weight is 343 g/mol. The molecule has 0 bridgehead atoms. The molecule has 2 rings (SSSR count). The fraction of sp³-hybridized carbons (Fsp3) is 0.421. The molecule has 1 heterocycles. The van der Waals surface area contributed by atoms with Crippen molar-refractivity contribution in [2.24, 2.45) is 0 Å². The Bertz CT molecular complexity index is 780. The number of ether oxygens (including phenoxy) is 1. The van der Waals surface area contributed by atoms with Gasteiger partial charge < -0.3 is 10.1 Å². The van der Waals surface area contributed by atoms with Crippen LogP contribution in [0.4, 0.5) is 5.69 Å². The maximum atomic E-state index is 12.2. The Kier molecular flexibility index (Phi) is 5.96. The zero-order chi connectivity index (χ0) is 18.6. The standard InChI is InChI=1S/C19H25N3O3/c1-12-6-7-13(2)17(10-12)20-19(24)16(5)25-18(23)8-9-22-15(4)11-14(3)21-22/h6-7,10-11,16H,8-9H2,1-5H3,(H,20,24). The molecule has 0 spiro atoms. The molecule has 1 unspecified atom stereocenters.